The molecule has 19 heavy (non-hydrogen) atoms. The van der Waals surface area contributed by atoms with E-state index < -0.39 is 0 Å². The van der Waals surface area contributed by atoms with Crippen molar-refractivity contribution in [3.05, 3.63) is 35.4 Å². The summed E-state index contributed by atoms with van der Waals surface area (Å²) in [4.78, 5) is 2.45. The molecule has 1 aromatic rings. The molecule has 2 rings (SSSR count). The number of nitrogens with two attached hydrogens (primary N) is 1. The molecule has 0 radical (unpaired) electrons. The molecule has 0 atom stereocenters. The summed E-state index contributed by atoms with van der Waals surface area (Å²) >= 11 is 0. The van der Waals surface area contributed by atoms with Crippen molar-refractivity contribution in [1.82, 2.24) is 4.90 Å². The van der Waals surface area contributed by atoms with Crippen LogP contribution in [0.25, 0.3) is 0 Å². The van der Waals surface area contributed by atoms with Crippen LogP contribution in [0.4, 0.5) is 0 Å². The lowest BCUT2D eigenvalue weighted by Crippen LogP contribution is -2.42. The molecule has 0 saturated heterocycles. The molecule has 0 spiro atoms. The second-order valence-corrected chi connectivity index (χ2v) is 6.51. The number of benzene rings is 1. The highest BCUT2D eigenvalue weighted by Crippen LogP contribution is 2.26. The zero-order valence-electron chi connectivity index (χ0n) is 12.6. The van der Waals surface area contributed by atoms with Crippen molar-refractivity contribution in [3.8, 4) is 0 Å². The normalized spacial score (nSPS) is 22.8. The Morgan fingerprint density at radius 2 is 1.84 bits per heavy atom. The molecule has 2 heteroatoms. The number of rotatable bonds is 6. The molecule has 1 aliphatic rings. The summed E-state index contributed by atoms with van der Waals surface area (Å²) in [6, 6.07) is 9.57. The molecule has 0 amide bonds. The van der Waals surface area contributed by atoms with Crippen LogP contribution in [0.3, 0.4) is 0 Å². The average molecular weight is 260 g/mol. The highest BCUT2D eigenvalue weighted by Gasteiger charge is 2.26. The van der Waals surface area contributed by atoms with E-state index in [0.29, 0.717) is 12.0 Å². The summed E-state index contributed by atoms with van der Waals surface area (Å²) in [5, 5.41) is 0. The molecule has 2 N–H and O–H groups in total. The van der Waals surface area contributed by atoms with E-state index in [2.05, 4.69) is 50.1 Å². The predicted octanol–water partition coefficient (Wildman–Crippen LogP) is 3.02. The largest absolute Gasteiger partial charge is 0.328 e. The first-order chi connectivity index (χ1) is 9.04. The minimum absolute atomic E-state index is 0.474. The predicted molar refractivity (Wildman–Crippen MR) is 82.4 cm³/mol. The van der Waals surface area contributed by atoms with Gasteiger partial charge in [0, 0.05) is 19.1 Å². The SMILES string of the molecule is CC(C)c1ccc(CCN(C)CC2CC(N)C2)cc1. The Morgan fingerprint density at radius 3 is 2.37 bits per heavy atom. The third-order valence-electron chi connectivity index (χ3n) is 4.27. The van der Waals surface area contributed by atoms with E-state index in [1.165, 1.54) is 30.5 Å². The van der Waals surface area contributed by atoms with Crippen molar-refractivity contribution >= 4 is 0 Å². The summed E-state index contributed by atoms with van der Waals surface area (Å²) in [7, 11) is 2.23. The summed E-state index contributed by atoms with van der Waals surface area (Å²) in [6.07, 6.45) is 3.58. The molecule has 2 nitrogen and oxygen atoms in total. The van der Waals surface area contributed by atoms with Gasteiger partial charge in [0.15, 0.2) is 0 Å². The zero-order valence-corrected chi connectivity index (χ0v) is 12.6. The van der Waals surface area contributed by atoms with Crippen molar-refractivity contribution in [2.45, 2.75) is 45.1 Å². The van der Waals surface area contributed by atoms with Crippen LogP contribution in [0.1, 0.15) is 43.7 Å². The fourth-order valence-electron chi connectivity index (χ4n) is 2.86. The Morgan fingerprint density at radius 1 is 1.21 bits per heavy atom. The maximum Gasteiger partial charge on any atom is 0.00450 e. The van der Waals surface area contributed by atoms with E-state index in [1.54, 1.807) is 0 Å². The molecule has 1 aromatic carbocycles. The minimum atomic E-state index is 0.474. The van der Waals surface area contributed by atoms with E-state index >= 15 is 0 Å². The van der Waals surface area contributed by atoms with Crippen molar-refractivity contribution in [3.63, 3.8) is 0 Å². The van der Waals surface area contributed by atoms with Gasteiger partial charge < -0.3 is 10.6 Å². The van der Waals surface area contributed by atoms with E-state index in [-0.39, 0.29) is 0 Å². The highest BCUT2D eigenvalue weighted by molar-refractivity contribution is 5.24. The van der Waals surface area contributed by atoms with Crippen LogP contribution < -0.4 is 5.73 Å². The summed E-state index contributed by atoms with van der Waals surface area (Å²) in [6.45, 7) is 6.84. The summed E-state index contributed by atoms with van der Waals surface area (Å²) in [5.41, 5.74) is 8.71. The first-order valence-electron chi connectivity index (χ1n) is 7.57. The van der Waals surface area contributed by atoms with Crippen LogP contribution in [0.2, 0.25) is 0 Å². The van der Waals surface area contributed by atoms with Gasteiger partial charge in [0.05, 0.1) is 0 Å². The highest BCUT2D eigenvalue weighted by atomic mass is 15.1. The smallest absolute Gasteiger partial charge is 0.00450 e. The van der Waals surface area contributed by atoms with Gasteiger partial charge in [-0.15, -0.1) is 0 Å². The molecule has 0 aromatic heterocycles. The topological polar surface area (TPSA) is 29.3 Å². The van der Waals surface area contributed by atoms with Crippen LogP contribution in [0.5, 0.6) is 0 Å². The standard InChI is InChI=1S/C17H28N2/c1-13(2)16-6-4-14(5-7-16)8-9-19(3)12-15-10-17(18)11-15/h4-7,13,15,17H,8-12,18H2,1-3H3. The van der Waals surface area contributed by atoms with Gasteiger partial charge >= 0.3 is 0 Å². The van der Waals surface area contributed by atoms with Gasteiger partial charge in [0.1, 0.15) is 0 Å². The van der Waals surface area contributed by atoms with Crippen LogP contribution in [0.15, 0.2) is 24.3 Å². The molecule has 106 valence electrons. The van der Waals surface area contributed by atoms with Gasteiger partial charge in [-0.05, 0) is 49.3 Å². The second-order valence-electron chi connectivity index (χ2n) is 6.51. The van der Waals surface area contributed by atoms with Crippen LogP contribution in [-0.4, -0.2) is 31.1 Å². The van der Waals surface area contributed by atoms with Crippen molar-refractivity contribution in [2.24, 2.45) is 11.7 Å². The van der Waals surface area contributed by atoms with E-state index in [4.69, 9.17) is 5.73 Å². The van der Waals surface area contributed by atoms with Gasteiger partial charge in [-0.2, -0.15) is 0 Å². The van der Waals surface area contributed by atoms with E-state index in [0.717, 1.165) is 18.9 Å². The third-order valence-corrected chi connectivity index (χ3v) is 4.27. The second kappa shape index (κ2) is 6.53. The molecule has 1 fully saturated rings. The molecule has 0 bridgehead atoms. The van der Waals surface area contributed by atoms with Gasteiger partial charge in [-0.1, -0.05) is 38.1 Å². The van der Waals surface area contributed by atoms with Crippen LogP contribution in [-0.2, 0) is 6.42 Å². The Hall–Kier alpha value is -0.860. The first kappa shape index (κ1) is 14.5. The number of hydrogen-bond donors (Lipinski definition) is 1. The maximum absolute atomic E-state index is 5.83. The fourth-order valence-corrected chi connectivity index (χ4v) is 2.86. The van der Waals surface area contributed by atoms with Gasteiger partial charge in [-0.25, -0.2) is 0 Å². The van der Waals surface area contributed by atoms with Crippen molar-refractivity contribution < 1.29 is 0 Å². The van der Waals surface area contributed by atoms with Crippen molar-refractivity contribution in [1.29, 1.82) is 0 Å². The molecule has 1 saturated carbocycles. The number of nitrogens with zero attached hydrogens (tertiary/aromatic N) is 1. The first-order valence-corrected chi connectivity index (χ1v) is 7.57. The van der Waals surface area contributed by atoms with Crippen LogP contribution in [0, 0.1) is 5.92 Å². The molecular weight excluding hydrogens is 232 g/mol. The fraction of sp³-hybridized carbons (Fsp3) is 0.647. The van der Waals surface area contributed by atoms with Crippen molar-refractivity contribution in [2.75, 3.05) is 20.1 Å². The molecule has 0 heterocycles. The Bertz CT molecular complexity index is 377. The van der Waals surface area contributed by atoms with E-state index in [9.17, 15) is 0 Å². The van der Waals surface area contributed by atoms with Gasteiger partial charge in [-0.3, -0.25) is 0 Å². The lowest BCUT2D eigenvalue weighted by molar-refractivity contribution is 0.183. The molecule has 1 aliphatic carbocycles. The summed E-state index contributed by atoms with van der Waals surface area (Å²) < 4.78 is 0. The van der Waals surface area contributed by atoms with E-state index in [1.807, 2.05) is 0 Å². The monoisotopic (exact) mass is 260 g/mol. The lowest BCUT2D eigenvalue weighted by Gasteiger charge is -2.35. The lowest BCUT2D eigenvalue weighted by atomic mass is 9.80. The Kier molecular flexibility index (Phi) is 5.00. The Balaban J connectivity index is 1.72. The number of hydrogen-bond acceptors (Lipinski definition) is 2. The molecular formula is C17H28N2. The third kappa shape index (κ3) is 4.32. The number of likely N-dealkylation sites (N-methyl/N-ethyl adjacent to an activating group) is 1. The molecule has 0 unspecified atom stereocenters. The van der Waals surface area contributed by atoms with Gasteiger partial charge in [0.2, 0.25) is 0 Å². The molecule has 0 aliphatic heterocycles. The minimum Gasteiger partial charge on any atom is -0.328 e. The maximum atomic E-state index is 5.83. The zero-order chi connectivity index (χ0) is 13.8. The summed E-state index contributed by atoms with van der Waals surface area (Å²) in [5.74, 6) is 1.46. The Labute approximate surface area is 118 Å². The van der Waals surface area contributed by atoms with Gasteiger partial charge in [0.25, 0.3) is 0 Å². The quantitative estimate of drug-likeness (QED) is 0.852. The average Bonchev–Trinajstić information content (AvgIpc) is 2.35. The van der Waals surface area contributed by atoms with Crippen LogP contribution >= 0.6 is 0 Å².